The number of carbonyl (C=O) groups is 2. The van der Waals surface area contributed by atoms with Crippen molar-refractivity contribution >= 4 is 34.4 Å². The van der Waals surface area contributed by atoms with Crippen LogP contribution < -0.4 is 5.32 Å². The van der Waals surface area contributed by atoms with E-state index in [2.05, 4.69) is 5.32 Å². The van der Waals surface area contributed by atoms with Gasteiger partial charge in [0, 0.05) is 23.0 Å². The van der Waals surface area contributed by atoms with Gasteiger partial charge in [-0.3, -0.25) is 4.79 Å². The number of carbonyl (C=O) groups excluding carboxylic acids is 1. The standard InChI is InChI=1S/C19H17ClN2O3/c1-11(12-3-5-13(6-4-12)19(24)25)21-18(23)17-10-14-9-15(20)7-8-16(14)22(17)2/h3-11H,1-2H3,(H,21,23)(H,24,25)/t11-/m1/s1. The van der Waals surface area contributed by atoms with E-state index in [0.29, 0.717) is 10.7 Å². The number of hydrogen-bond donors (Lipinski definition) is 2. The van der Waals surface area contributed by atoms with E-state index in [4.69, 9.17) is 16.7 Å². The van der Waals surface area contributed by atoms with Crippen molar-refractivity contribution in [3.05, 3.63) is 70.4 Å². The Hall–Kier alpha value is -2.79. The summed E-state index contributed by atoms with van der Waals surface area (Å²) in [6, 6.07) is 13.5. The van der Waals surface area contributed by atoms with E-state index in [9.17, 15) is 9.59 Å². The Bertz CT molecular complexity index is 961. The Morgan fingerprint density at radius 3 is 2.44 bits per heavy atom. The number of amides is 1. The molecule has 0 unspecified atom stereocenters. The van der Waals surface area contributed by atoms with Gasteiger partial charge in [0.1, 0.15) is 5.69 Å². The van der Waals surface area contributed by atoms with Crippen LogP contribution in [-0.4, -0.2) is 21.6 Å². The lowest BCUT2D eigenvalue weighted by Crippen LogP contribution is -2.28. The maximum Gasteiger partial charge on any atom is 0.335 e. The van der Waals surface area contributed by atoms with Crippen molar-refractivity contribution in [2.75, 3.05) is 0 Å². The van der Waals surface area contributed by atoms with E-state index in [1.807, 2.05) is 30.7 Å². The first-order valence-corrected chi connectivity index (χ1v) is 8.13. The number of halogens is 1. The summed E-state index contributed by atoms with van der Waals surface area (Å²) in [4.78, 5) is 23.5. The van der Waals surface area contributed by atoms with E-state index in [-0.39, 0.29) is 17.5 Å². The number of nitrogens with one attached hydrogen (secondary N) is 1. The molecule has 1 amide bonds. The predicted octanol–water partition coefficient (Wildman–Crippen LogP) is 4.02. The van der Waals surface area contributed by atoms with Crippen molar-refractivity contribution in [2.45, 2.75) is 13.0 Å². The van der Waals surface area contributed by atoms with Gasteiger partial charge in [-0.05, 0) is 48.9 Å². The summed E-state index contributed by atoms with van der Waals surface area (Å²) < 4.78 is 1.82. The summed E-state index contributed by atoms with van der Waals surface area (Å²) in [5, 5.41) is 13.4. The number of nitrogens with zero attached hydrogens (tertiary/aromatic N) is 1. The Kier molecular flexibility index (Phi) is 4.51. The van der Waals surface area contributed by atoms with Gasteiger partial charge in [0.2, 0.25) is 0 Å². The maximum absolute atomic E-state index is 12.6. The van der Waals surface area contributed by atoms with Crippen LogP contribution in [0.25, 0.3) is 10.9 Å². The molecule has 0 spiro atoms. The van der Waals surface area contributed by atoms with Crippen LogP contribution in [0.5, 0.6) is 0 Å². The molecule has 128 valence electrons. The van der Waals surface area contributed by atoms with Crippen LogP contribution in [0.15, 0.2) is 48.5 Å². The number of fused-ring (bicyclic) bond motifs is 1. The summed E-state index contributed by atoms with van der Waals surface area (Å²) in [6.07, 6.45) is 0. The fourth-order valence-corrected chi connectivity index (χ4v) is 2.99. The quantitative estimate of drug-likeness (QED) is 0.741. The summed E-state index contributed by atoms with van der Waals surface area (Å²) >= 11 is 6.01. The molecule has 3 rings (SSSR count). The highest BCUT2D eigenvalue weighted by atomic mass is 35.5. The van der Waals surface area contributed by atoms with E-state index in [0.717, 1.165) is 16.5 Å². The fraction of sp³-hybridized carbons (Fsp3) is 0.158. The van der Waals surface area contributed by atoms with Crippen LogP contribution in [0.1, 0.15) is 39.4 Å². The number of hydrogen-bond acceptors (Lipinski definition) is 2. The van der Waals surface area contributed by atoms with E-state index < -0.39 is 5.97 Å². The topological polar surface area (TPSA) is 71.3 Å². The monoisotopic (exact) mass is 356 g/mol. The molecule has 1 atom stereocenters. The van der Waals surface area contributed by atoms with Gasteiger partial charge in [0.25, 0.3) is 5.91 Å². The second-order valence-electron chi connectivity index (χ2n) is 5.91. The SMILES string of the molecule is C[C@@H](NC(=O)c1cc2cc(Cl)ccc2n1C)c1ccc(C(=O)O)cc1. The zero-order valence-corrected chi connectivity index (χ0v) is 14.5. The maximum atomic E-state index is 12.6. The molecule has 0 bridgehead atoms. The number of benzene rings is 2. The minimum absolute atomic E-state index is 0.204. The Labute approximate surface area is 149 Å². The molecular formula is C19H17ClN2O3. The highest BCUT2D eigenvalue weighted by Gasteiger charge is 2.16. The van der Waals surface area contributed by atoms with Gasteiger partial charge < -0.3 is 15.0 Å². The van der Waals surface area contributed by atoms with Gasteiger partial charge in [0.15, 0.2) is 0 Å². The van der Waals surface area contributed by atoms with Crippen molar-refractivity contribution in [3.8, 4) is 0 Å². The number of carboxylic acids is 1. The molecule has 0 fully saturated rings. The first kappa shape index (κ1) is 17.0. The lowest BCUT2D eigenvalue weighted by Gasteiger charge is -2.15. The van der Waals surface area contributed by atoms with Gasteiger partial charge in [-0.25, -0.2) is 4.79 Å². The van der Waals surface area contributed by atoms with Gasteiger partial charge in [-0.2, -0.15) is 0 Å². The Balaban J connectivity index is 1.81. The molecule has 1 aromatic heterocycles. The number of carboxylic acid groups (broad SMARTS) is 1. The molecule has 2 N–H and O–H groups in total. The van der Waals surface area contributed by atoms with Crippen molar-refractivity contribution in [2.24, 2.45) is 7.05 Å². The van der Waals surface area contributed by atoms with Crippen molar-refractivity contribution < 1.29 is 14.7 Å². The molecule has 0 radical (unpaired) electrons. The number of aromatic nitrogens is 1. The third-order valence-corrected chi connectivity index (χ3v) is 4.48. The first-order valence-electron chi connectivity index (χ1n) is 7.76. The highest BCUT2D eigenvalue weighted by Crippen LogP contribution is 2.23. The molecule has 5 nitrogen and oxygen atoms in total. The smallest absolute Gasteiger partial charge is 0.335 e. The van der Waals surface area contributed by atoms with E-state index in [1.165, 1.54) is 12.1 Å². The molecule has 0 saturated heterocycles. The van der Waals surface area contributed by atoms with E-state index in [1.54, 1.807) is 24.3 Å². The van der Waals surface area contributed by atoms with Gasteiger partial charge in [0.05, 0.1) is 11.6 Å². The molecule has 25 heavy (non-hydrogen) atoms. The third-order valence-electron chi connectivity index (χ3n) is 4.24. The number of rotatable bonds is 4. The molecule has 0 aliphatic rings. The molecule has 0 aliphatic heterocycles. The van der Waals surface area contributed by atoms with Gasteiger partial charge >= 0.3 is 5.97 Å². The molecule has 0 aliphatic carbocycles. The largest absolute Gasteiger partial charge is 0.478 e. The predicted molar refractivity (Wildman–Crippen MR) is 97.2 cm³/mol. The molecule has 3 aromatic rings. The second-order valence-corrected chi connectivity index (χ2v) is 6.35. The molecule has 2 aromatic carbocycles. The Morgan fingerprint density at radius 1 is 1.12 bits per heavy atom. The van der Waals surface area contributed by atoms with E-state index >= 15 is 0 Å². The molecule has 1 heterocycles. The van der Waals surface area contributed by atoms with Crippen molar-refractivity contribution in [3.63, 3.8) is 0 Å². The zero-order valence-electron chi connectivity index (χ0n) is 13.8. The minimum Gasteiger partial charge on any atom is -0.478 e. The molecule has 6 heteroatoms. The average Bonchev–Trinajstić information content (AvgIpc) is 2.91. The van der Waals surface area contributed by atoms with Crippen molar-refractivity contribution in [1.29, 1.82) is 0 Å². The van der Waals surface area contributed by atoms with Crippen LogP contribution in [0, 0.1) is 0 Å². The summed E-state index contributed by atoms with van der Waals surface area (Å²) in [5.41, 5.74) is 2.51. The minimum atomic E-state index is -0.975. The first-order chi connectivity index (χ1) is 11.9. The van der Waals surface area contributed by atoms with Crippen LogP contribution >= 0.6 is 11.6 Å². The van der Waals surface area contributed by atoms with Crippen LogP contribution in [0.2, 0.25) is 5.02 Å². The molecular weight excluding hydrogens is 340 g/mol. The van der Waals surface area contributed by atoms with Gasteiger partial charge in [-0.15, -0.1) is 0 Å². The second kappa shape index (κ2) is 6.61. The summed E-state index contributed by atoms with van der Waals surface area (Å²) in [5.74, 6) is -1.18. The average molecular weight is 357 g/mol. The third kappa shape index (κ3) is 3.37. The number of aromatic carboxylic acids is 1. The lowest BCUT2D eigenvalue weighted by atomic mass is 10.1. The summed E-state index contributed by atoms with van der Waals surface area (Å²) in [6.45, 7) is 1.85. The molecule has 0 saturated carbocycles. The Morgan fingerprint density at radius 2 is 1.80 bits per heavy atom. The normalized spacial score (nSPS) is 12.1. The summed E-state index contributed by atoms with van der Waals surface area (Å²) in [7, 11) is 1.83. The van der Waals surface area contributed by atoms with Crippen molar-refractivity contribution in [1.82, 2.24) is 9.88 Å². The fourth-order valence-electron chi connectivity index (χ4n) is 2.81. The zero-order chi connectivity index (χ0) is 18.1. The highest BCUT2D eigenvalue weighted by molar-refractivity contribution is 6.31. The van der Waals surface area contributed by atoms with Crippen LogP contribution in [-0.2, 0) is 7.05 Å². The number of aryl methyl sites for hydroxylation is 1. The van der Waals surface area contributed by atoms with Gasteiger partial charge in [-0.1, -0.05) is 23.7 Å². The van der Waals surface area contributed by atoms with Crippen LogP contribution in [0.3, 0.4) is 0 Å². The lowest BCUT2D eigenvalue weighted by molar-refractivity contribution is 0.0696. The van der Waals surface area contributed by atoms with Crippen LogP contribution in [0.4, 0.5) is 0 Å².